The number of nitrogens with one attached hydrogen (secondary N) is 1. The number of amides is 1. The number of nitrogens with zero attached hydrogens (tertiary/aromatic N) is 3. The molecule has 0 radical (unpaired) electrons. The summed E-state index contributed by atoms with van der Waals surface area (Å²) in [5.74, 6) is 5.47. The number of carbonyl (C=O) groups is 1. The molecule has 6 heteroatoms. The molecule has 6 nitrogen and oxygen atoms in total. The van der Waals surface area contributed by atoms with Crippen LogP contribution in [-0.4, -0.2) is 53.4 Å². The van der Waals surface area contributed by atoms with E-state index in [0.29, 0.717) is 11.3 Å². The highest BCUT2D eigenvalue weighted by atomic mass is 16.2. The molecule has 3 N–H and O–H groups in total. The minimum atomic E-state index is -0.00352. The molecule has 0 bridgehead atoms. The van der Waals surface area contributed by atoms with E-state index in [4.69, 9.17) is 5.84 Å². The summed E-state index contributed by atoms with van der Waals surface area (Å²) in [6.45, 7) is 8.39. The third kappa shape index (κ3) is 3.02. The van der Waals surface area contributed by atoms with Crippen LogP contribution in [0.25, 0.3) is 0 Å². The number of aromatic nitrogens is 1. The van der Waals surface area contributed by atoms with Crippen molar-refractivity contribution in [2.45, 2.75) is 13.8 Å². The maximum Gasteiger partial charge on any atom is 0.257 e. The number of anilines is 1. The highest BCUT2D eigenvalue weighted by molar-refractivity contribution is 5.99. The molecule has 19 heavy (non-hydrogen) atoms. The van der Waals surface area contributed by atoms with Gasteiger partial charge in [0.15, 0.2) is 0 Å². The van der Waals surface area contributed by atoms with Gasteiger partial charge in [-0.25, -0.2) is 0 Å². The van der Waals surface area contributed by atoms with Gasteiger partial charge in [-0.3, -0.25) is 15.6 Å². The van der Waals surface area contributed by atoms with Gasteiger partial charge in [-0.05, 0) is 19.5 Å². The lowest BCUT2D eigenvalue weighted by atomic mass is 10.1. The number of rotatable bonds is 3. The quantitative estimate of drug-likeness (QED) is 0.612. The fraction of sp³-hybridized carbons (Fsp3) is 0.538. The van der Waals surface area contributed by atoms with E-state index in [0.717, 1.165) is 38.4 Å². The number of hydrogen-bond donors (Lipinski definition) is 2. The molecule has 1 aliphatic rings. The van der Waals surface area contributed by atoms with E-state index in [1.54, 1.807) is 12.3 Å². The Bertz CT molecular complexity index is 454. The lowest BCUT2D eigenvalue weighted by Gasteiger charge is -2.34. The van der Waals surface area contributed by atoms with Crippen LogP contribution in [0.1, 0.15) is 23.0 Å². The van der Waals surface area contributed by atoms with Gasteiger partial charge in [0.2, 0.25) is 0 Å². The van der Waals surface area contributed by atoms with Crippen LogP contribution in [0, 0.1) is 6.92 Å². The number of nitrogens with two attached hydrogens (primary N) is 1. The minimum absolute atomic E-state index is 0.00352. The van der Waals surface area contributed by atoms with Crippen molar-refractivity contribution in [3.8, 4) is 0 Å². The van der Waals surface area contributed by atoms with Gasteiger partial charge in [-0.15, -0.1) is 0 Å². The van der Waals surface area contributed by atoms with E-state index in [1.165, 1.54) is 0 Å². The summed E-state index contributed by atoms with van der Waals surface area (Å²) < 4.78 is 0. The number of pyridine rings is 1. The molecule has 104 valence electrons. The molecule has 0 unspecified atom stereocenters. The molecule has 0 spiro atoms. The van der Waals surface area contributed by atoms with Crippen LogP contribution in [0.3, 0.4) is 0 Å². The Balaban J connectivity index is 2.12. The first kappa shape index (κ1) is 13.8. The van der Waals surface area contributed by atoms with E-state index in [2.05, 4.69) is 22.2 Å². The number of nitrogen functional groups attached to an aromatic ring is 1. The number of carbonyl (C=O) groups excluding carboxylic acids is 1. The molecule has 2 heterocycles. The van der Waals surface area contributed by atoms with E-state index in [-0.39, 0.29) is 5.91 Å². The van der Waals surface area contributed by atoms with E-state index >= 15 is 0 Å². The molecule has 1 aromatic heterocycles. The molecule has 0 aromatic carbocycles. The lowest BCUT2D eigenvalue weighted by Crippen LogP contribution is -2.48. The normalized spacial score (nSPS) is 16.5. The number of likely N-dealkylation sites (N-methyl/N-ethyl adjacent to an activating group) is 1. The van der Waals surface area contributed by atoms with Crippen molar-refractivity contribution in [3.05, 3.63) is 23.5 Å². The molecular formula is C13H21N5O. The number of hydrogen-bond acceptors (Lipinski definition) is 5. The van der Waals surface area contributed by atoms with Crippen LogP contribution < -0.4 is 11.3 Å². The van der Waals surface area contributed by atoms with Gasteiger partial charge in [-0.1, -0.05) is 6.92 Å². The smallest absolute Gasteiger partial charge is 0.257 e. The third-order valence-corrected chi connectivity index (χ3v) is 3.53. The second kappa shape index (κ2) is 5.99. The average molecular weight is 263 g/mol. The molecule has 1 amide bonds. The summed E-state index contributed by atoms with van der Waals surface area (Å²) in [7, 11) is 0. The van der Waals surface area contributed by atoms with Crippen LogP contribution >= 0.6 is 0 Å². The molecule has 1 fully saturated rings. The van der Waals surface area contributed by atoms with Gasteiger partial charge in [0.1, 0.15) is 0 Å². The van der Waals surface area contributed by atoms with Crippen LogP contribution in [0.4, 0.5) is 5.69 Å². The van der Waals surface area contributed by atoms with Crippen molar-refractivity contribution in [2.24, 2.45) is 5.84 Å². The van der Waals surface area contributed by atoms with Crippen LogP contribution in [0.2, 0.25) is 0 Å². The van der Waals surface area contributed by atoms with Crippen LogP contribution in [0.5, 0.6) is 0 Å². The van der Waals surface area contributed by atoms with Crippen molar-refractivity contribution < 1.29 is 4.79 Å². The van der Waals surface area contributed by atoms with Crippen molar-refractivity contribution in [1.82, 2.24) is 14.8 Å². The monoisotopic (exact) mass is 263 g/mol. The second-order valence-corrected chi connectivity index (χ2v) is 4.74. The van der Waals surface area contributed by atoms with E-state index in [1.807, 2.05) is 11.8 Å². The number of aryl methyl sites for hydroxylation is 1. The zero-order chi connectivity index (χ0) is 13.8. The Labute approximate surface area is 113 Å². The van der Waals surface area contributed by atoms with E-state index < -0.39 is 0 Å². The zero-order valence-electron chi connectivity index (χ0n) is 11.5. The molecule has 0 saturated carbocycles. The van der Waals surface area contributed by atoms with Gasteiger partial charge in [-0.2, -0.15) is 0 Å². The molecule has 1 aromatic rings. The van der Waals surface area contributed by atoms with Crippen LogP contribution in [-0.2, 0) is 0 Å². The van der Waals surface area contributed by atoms with Crippen molar-refractivity contribution >= 4 is 11.6 Å². The van der Waals surface area contributed by atoms with Crippen LogP contribution in [0.15, 0.2) is 12.3 Å². The predicted octanol–water partition coefficient (Wildman–Crippen LogP) is 0.453. The first-order valence-electron chi connectivity index (χ1n) is 6.60. The van der Waals surface area contributed by atoms with Gasteiger partial charge in [0, 0.05) is 38.1 Å². The molecular weight excluding hydrogens is 242 g/mol. The topological polar surface area (TPSA) is 74.5 Å². The molecule has 2 rings (SSSR count). The Kier molecular flexibility index (Phi) is 4.34. The average Bonchev–Trinajstić information content (AvgIpc) is 2.46. The fourth-order valence-electron chi connectivity index (χ4n) is 2.29. The largest absolute Gasteiger partial charge is 0.336 e. The minimum Gasteiger partial charge on any atom is -0.336 e. The summed E-state index contributed by atoms with van der Waals surface area (Å²) in [6, 6.07) is 1.79. The second-order valence-electron chi connectivity index (χ2n) is 4.74. The molecule has 0 aliphatic carbocycles. The zero-order valence-corrected chi connectivity index (χ0v) is 11.5. The number of piperazine rings is 1. The predicted molar refractivity (Wildman–Crippen MR) is 74.8 cm³/mol. The maximum atomic E-state index is 12.5. The Morgan fingerprint density at radius 1 is 1.42 bits per heavy atom. The third-order valence-electron chi connectivity index (χ3n) is 3.53. The van der Waals surface area contributed by atoms with Gasteiger partial charge in [0.05, 0.1) is 11.3 Å². The summed E-state index contributed by atoms with van der Waals surface area (Å²) >= 11 is 0. The van der Waals surface area contributed by atoms with Crippen molar-refractivity contribution in [1.29, 1.82) is 0 Å². The van der Waals surface area contributed by atoms with Gasteiger partial charge in [0.25, 0.3) is 5.91 Å². The lowest BCUT2D eigenvalue weighted by molar-refractivity contribution is 0.0644. The highest BCUT2D eigenvalue weighted by Gasteiger charge is 2.23. The SMILES string of the molecule is CCN1CCN(C(=O)c2cnc(C)cc2NN)CC1. The molecule has 0 atom stereocenters. The molecule has 1 saturated heterocycles. The summed E-state index contributed by atoms with van der Waals surface area (Å²) in [5, 5.41) is 0. The van der Waals surface area contributed by atoms with E-state index in [9.17, 15) is 4.79 Å². The highest BCUT2D eigenvalue weighted by Crippen LogP contribution is 2.17. The van der Waals surface area contributed by atoms with Gasteiger partial charge < -0.3 is 15.2 Å². The summed E-state index contributed by atoms with van der Waals surface area (Å²) in [4.78, 5) is 20.8. The summed E-state index contributed by atoms with van der Waals surface area (Å²) in [5.41, 5.74) is 4.59. The Morgan fingerprint density at radius 2 is 2.11 bits per heavy atom. The first-order valence-corrected chi connectivity index (χ1v) is 6.60. The standard InChI is InChI=1S/C13H21N5O/c1-3-17-4-6-18(7-5-17)13(19)11-9-15-10(2)8-12(11)16-14/h8-9H,3-7,14H2,1-2H3,(H,15,16). The van der Waals surface area contributed by atoms with Gasteiger partial charge >= 0.3 is 0 Å². The van der Waals surface area contributed by atoms with Crippen molar-refractivity contribution in [3.63, 3.8) is 0 Å². The Morgan fingerprint density at radius 3 is 2.68 bits per heavy atom. The number of hydrazine groups is 1. The Hall–Kier alpha value is -1.66. The first-order chi connectivity index (χ1) is 9.15. The fourth-order valence-corrected chi connectivity index (χ4v) is 2.29. The maximum absolute atomic E-state index is 12.5. The summed E-state index contributed by atoms with van der Waals surface area (Å²) in [6.07, 6.45) is 1.60. The molecule has 1 aliphatic heterocycles. The van der Waals surface area contributed by atoms with Crippen molar-refractivity contribution in [2.75, 3.05) is 38.1 Å².